The summed E-state index contributed by atoms with van der Waals surface area (Å²) in [5.74, 6) is 0. The summed E-state index contributed by atoms with van der Waals surface area (Å²) >= 11 is 0. The van der Waals surface area contributed by atoms with Crippen LogP contribution in [-0.4, -0.2) is 4.40 Å². The van der Waals surface area contributed by atoms with Gasteiger partial charge in [-0.25, -0.2) is 0 Å². The van der Waals surface area contributed by atoms with Crippen molar-refractivity contribution in [1.29, 1.82) is 0 Å². The maximum atomic E-state index is 6.43. The highest BCUT2D eigenvalue weighted by molar-refractivity contribution is 6.27. The monoisotopic (exact) mass is 509 g/mol. The molecule has 9 aromatic rings. The predicted molar refractivity (Wildman–Crippen MR) is 168 cm³/mol. The second kappa shape index (κ2) is 8.08. The topological polar surface area (TPSA) is 17.6 Å². The van der Waals surface area contributed by atoms with Crippen LogP contribution in [0.1, 0.15) is 0 Å². The van der Waals surface area contributed by atoms with Crippen LogP contribution in [0, 0.1) is 0 Å². The van der Waals surface area contributed by atoms with E-state index in [2.05, 4.69) is 138 Å². The molecule has 0 unspecified atom stereocenters. The van der Waals surface area contributed by atoms with Crippen molar-refractivity contribution < 1.29 is 4.42 Å². The molecule has 6 aromatic carbocycles. The summed E-state index contributed by atoms with van der Waals surface area (Å²) in [6, 6.07) is 50.1. The summed E-state index contributed by atoms with van der Waals surface area (Å²) in [6.45, 7) is 0. The molecular weight excluding hydrogens is 486 g/mol. The number of hydrogen-bond acceptors (Lipinski definition) is 1. The fourth-order valence-corrected chi connectivity index (χ4v) is 6.59. The van der Waals surface area contributed by atoms with E-state index in [1.54, 1.807) is 0 Å². The van der Waals surface area contributed by atoms with Gasteiger partial charge in [0.05, 0.1) is 16.7 Å². The molecule has 0 atom stereocenters. The van der Waals surface area contributed by atoms with Crippen molar-refractivity contribution in [3.05, 3.63) is 140 Å². The zero-order valence-corrected chi connectivity index (χ0v) is 21.6. The number of hydrogen-bond donors (Lipinski definition) is 0. The van der Waals surface area contributed by atoms with Crippen molar-refractivity contribution in [2.24, 2.45) is 0 Å². The minimum atomic E-state index is 0.906. The number of furan rings is 1. The Morgan fingerprint density at radius 1 is 0.450 bits per heavy atom. The molecule has 186 valence electrons. The van der Waals surface area contributed by atoms with Crippen LogP contribution in [0.2, 0.25) is 0 Å². The molecule has 0 fully saturated rings. The maximum absolute atomic E-state index is 6.43. The molecular formula is C38H23NO. The number of nitrogens with zero attached hydrogens (tertiary/aromatic N) is 1. The van der Waals surface area contributed by atoms with Gasteiger partial charge in [0.15, 0.2) is 0 Å². The van der Waals surface area contributed by atoms with Gasteiger partial charge in [-0.3, -0.25) is 0 Å². The highest BCUT2D eigenvalue weighted by atomic mass is 16.3. The Labute approximate surface area is 230 Å². The van der Waals surface area contributed by atoms with Gasteiger partial charge in [0.1, 0.15) is 11.2 Å². The van der Waals surface area contributed by atoms with Crippen LogP contribution in [0.3, 0.4) is 0 Å². The zero-order chi connectivity index (χ0) is 26.2. The van der Waals surface area contributed by atoms with Crippen molar-refractivity contribution in [2.45, 2.75) is 0 Å². The molecule has 0 saturated carbocycles. The molecule has 0 saturated heterocycles. The van der Waals surface area contributed by atoms with E-state index in [-0.39, 0.29) is 0 Å². The SMILES string of the molecule is c1ccc(-c2cc(-c3ccccc3)n3c4cc5oc6ccccc6c5cc4c4c5ccccc5ccc4c23)cc1. The van der Waals surface area contributed by atoms with Crippen molar-refractivity contribution in [2.75, 3.05) is 0 Å². The van der Waals surface area contributed by atoms with Crippen LogP contribution in [0.15, 0.2) is 144 Å². The number of benzene rings is 6. The predicted octanol–water partition coefficient (Wildman–Crippen LogP) is 10.6. The number of para-hydroxylation sites is 1. The first-order chi connectivity index (χ1) is 19.8. The van der Waals surface area contributed by atoms with Gasteiger partial charge in [0.2, 0.25) is 0 Å². The van der Waals surface area contributed by atoms with Crippen LogP contribution in [-0.2, 0) is 0 Å². The maximum Gasteiger partial charge on any atom is 0.137 e. The standard InChI is InChI=1S/C38H23NO/c1-3-11-24(12-4-1)30-22-33(26-14-5-2-6-15-26)39-34-23-36-31(28-17-9-10-18-35(28)40-36)21-32(34)37-27-16-8-7-13-25(27)19-20-29(37)38(30)39/h1-23H. The van der Waals surface area contributed by atoms with E-state index in [0.717, 1.165) is 27.5 Å². The van der Waals surface area contributed by atoms with E-state index in [1.807, 2.05) is 6.07 Å². The van der Waals surface area contributed by atoms with Crippen LogP contribution in [0.4, 0.5) is 0 Å². The van der Waals surface area contributed by atoms with Gasteiger partial charge >= 0.3 is 0 Å². The first-order valence-electron chi connectivity index (χ1n) is 13.7. The summed E-state index contributed by atoms with van der Waals surface area (Å²) in [6.07, 6.45) is 0. The lowest BCUT2D eigenvalue weighted by molar-refractivity contribution is 0.669. The molecule has 0 aliphatic rings. The molecule has 0 radical (unpaired) electrons. The Hall–Kier alpha value is -5.34. The molecule has 0 N–H and O–H groups in total. The van der Waals surface area contributed by atoms with Gasteiger partial charge in [-0.15, -0.1) is 0 Å². The second-order valence-electron chi connectivity index (χ2n) is 10.5. The molecule has 0 aliphatic heterocycles. The molecule has 0 amide bonds. The van der Waals surface area contributed by atoms with E-state index in [0.29, 0.717) is 0 Å². The lowest BCUT2D eigenvalue weighted by Gasteiger charge is -2.15. The third kappa shape index (κ3) is 2.93. The van der Waals surface area contributed by atoms with E-state index in [4.69, 9.17) is 4.42 Å². The number of pyridine rings is 1. The third-order valence-corrected chi connectivity index (χ3v) is 8.34. The summed E-state index contributed by atoms with van der Waals surface area (Å²) < 4.78 is 8.89. The Morgan fingerprint density at radius 3 is 1.98 bits per heavy atom. The zero-order valence-electron chi connectivity index (χ0n) is 21.6. The Kier molecular flexibility index (Phi) is 4.36. The third-order valence-electron chi connectivity index (χ3n) is 8.34. The minimum absolute atomic E-state index is 0.906. The highest BCUT2D eigenvalue weighted by Gasteiger charge is 2.21. The summed E-state index contributed by atoms with van der Waals surface area (Å²) in [4.78, 5) is 0. The van der Waals surface area contributed by atoms with Crippen LogP contribution in [0.5, 0.6) is 0 Å². The van der Waals surface area contributed by atoms with Gasteiger partial charge in [-0.05, 0) is 40.1 Å². The average molecular weight is 510 g/mol. The normalized spacial score (nSPS) is 12.0. The second-order valence-corrected chi connectivity index (χ2v) is 10.5. The fraction of sp³-hybridized carbons (Fsp3) is 0. The molecule has 9 rings (SSSR count). The van der Waals surface area contributed by atoms with Gasteiger partial charge in [0, 0.05) is 38.6 Å². The molecule has 2 nitrogen and oxygen atoms in total. The summed E-state index contributed by atoms with van der Waals surface area (Å²) in [7, 11) is 0. The molecule has 0 spiro atoms. The van der Waals surface area contributed by atoms with Crippen molar-refractivity contribution in [3.63, 3.8) is 0 Å². The molecule has 3 aromatic heterocycles. The smallest absolute Gasteiger partial charge is 0.137 e. The quantitative estimate of drug-likeness (QED) is 0.212. The largest absolute Gasteiger partial charge is 0.456 e. The van der Waals surface area contributed by atoms with Crippen molar-refractivity contribution in [3.8, 4) is 22.4 Å². The van der Waals surface area contributed by atoms with Gasteiger partial charge in [-0.1, -0.05) is 115 Å². The molecule has 0 aliphatic carbocycles. The Balaban J connectivity index is 1.60. The fourth-order valence-electron chi connectivity index (χ4n) is 6.59. The molecule has 3 heterocycles. The van der Waals surface area contributed by atoms with Crippen LogP contribution in [0.25, 0.3) is 82.3 Å². The average Bonchev–Trinajstić information content (AvgIpc) is 3.60. The number of aromatic nitrogens is 1. The van der Waals surface area contributed by atoms with Gasteiger partial charge in [0.25, 0.3) is 0 Å². The Bertz CT molecular complexity index is 2410. The summed E-state index contributed by atoms with van der Waals surface area (Å²) in [5.41, 5.74) is 8.98. The van der Waals surface area contributed by atoms with E-state index in [1.165, 1.54) is 54.8 Å². The van der Waals surface area contributed by atoms with E-state index < -0.39 is 0 Å². The van der Waals surface area contributed by atoms with Crippen molar-refractivity contribution >= 4 is 59.9 Å². The minimum Gasteiger partial charge on any atom is -0.456 e. The summed E-state index contributed by atoms with van der Waals surface area (Å²) in [5, 5.41) is 8.56. The Morgan fingerprint density at radius 2 is 1.15 bits per heavy atom. The molecule has 40 heavy (non-hydrogen) atoms. The first kappa shape index (κ1) is 21.6. The molecule has 0 bridgehead atoms. The van der Waals surface area contributed by atoms with Gasteiger partial charge < -0.3 is 8.82 Å². The van der Waals surface area contributed by atoms with Crippen LogP contribution < -0.4 is 0 Å². The van der Waals surface area contributed by atoms with Crippen LogP contribution >= 0.6 is 0 Å². The number of fused-ring (bicyclic) bond motifs is 11. The van der Waals surface area contributed by atoms with E-state index >= 15 is 0 Å². The number of rotatable bonds is 2. The molecule has 2 heteroatoms. The van der Waals surface area contributed by atoms with Gasteiger partial charge in [-0.2, -0.15) is 0 Å². The van der Waals surface area contributed by atoms with E-state index in [9.17, 15) is 0 Å². The lowest BCUT2D eigenvalue weighted by atomic mass is 9.95. The van der Waals surface area contributed by atoms with Crippen molar-refractivity contribution in [1.82, 2.24) is 4.40 Å². The highest BCUT2D eigenvalue weighted by Crippen LogP contribution is 2.44. The first-order valence-corrected chi connectivity index (χ1v) is 13.7. The lowest BCUT2D eigenvalue weighted by Crippen LogP contribution is -1.95.